The third-order valence-electron chi connectivity index (χ3n) is 5.45. The van der Waals surface area contributed by atoms with Crippen molar-refractivity contribution in [3.63, 3.8) is 0 Å². The van der Waals surface area contributed by atoms with E-state index in [4.69, 9.17) is 4.74 Å². The number of carbonyl (C=O) groups excluding carboxylic acids is 1. The number of carbonyl (C=O) groups is 1. The average Bonchev–Trinajstić information content (AvgIpc) is 2.80. The highest BCUT2D eigenvalue weighted by Crippen LogP contribution is 2.20. The zero-order valence-electron chi connectivity index (χ0n) is 16.5. The third kappa shape index (κ3) is 5.11. The summed E-state index contributed by atoms with van der Waals surface area (Å²) in [4.78, 5) is 14.4. The maximum atomic E-state index is 13.0. The summed E-state index contributed by atoms with van der Waals surface area (Å²) in [7, 11) is 0. The molecule has 2 N–H and O–H groups in total. The minimum Gasteiger partial charge on any atom is -0.370 e. The molecule has 0 radical (unpaired) electrons. The molecule has 3 aromatic carbocycles. The Kier molecular flexibility index (Phi) is 6.35. The molecule has 3 aromatic rings. The van der Waals surface area contributed by atoms with Gasteiger partial charge in [0.2, 0.25) is 0 Å². The van der Waals surface area contributed by atoms with Crippen LogP contribution in [0.25, 0.3) is 11.1 Å². The Morgan fingerprint density at radius 2 is 1.41 bits per heavy atom. The number of rotatable bonds is 6. The number of hydrogen-bond acceptors (Lipinski definition) is 2. The summed E-state index contributed by atoms with van der Waals surface area (Å²) in [5.41, 5.74) is 4.08. The molecule has 1 aliphatic heterocycles. The molecule has 1 atom stereocenters. The van der Waals surface area contributed by atoms with Crippen molar-refractivity contribution in [1.29, 1.82) is 0 Å². The second-order valence-corrected chi connectivity index (χ2v) is 7.45. The van der Waals surface area contributed by atoms with Crippen molar-refractivity contribution < 1.29 is 14.4 Å². The van der Waals surface area contributed by atoms with E-state index in [0.29, 0.717) is 5.56 Å². The molecule has 1 amide bonds. The van der Waals surface area contributed by atoms with Crippen LogP contribution in [0, 0.1) is 0 Å². The van der Waals surface area contributed by atoms with Gasteiger partial charge in [0.05, 0.1) is 13.2 Å². The Hall–Kier alpha value is -2.95. The van der Waals surface area contributed by atoms with E-state index in [1.807, 2.05) is 60.7 Å². The lowest BCUT2D eigenvalue weighted by Crippen LogP contribution is -3.14. The molecule has 29 heavy (non-hydrogen) atoms. The monoisotopic (exact) mass is 387 g/mol. The molecule has 0 aliphatic carbocycles. The number of nitrogens with one attached hydrogen (secondary N) is 2. The Morgan fingerprint density at radius 1 is 0.828 bits per heavy atom. The van der Waals surface area contributed by atoms with Crippen LogP contribution in [0.3, 0.4) is 0 Å². The first-order valence-electron chi connectivity index (χ1n) is 10.2. The fourth-order valence-corrected chi connectivity index (χ4v) is 3.78. The quantitative estimate of drug-likeness (QED) is 0.683. The van der Waals surface area contributed by atoms with Crippen LogP contribution in [-0.2, 0) is 4.74 Å². The van der Waals surface area contributed by atoms with Gasteiger partial charge in [-0.25, -0.2) is 0 Å². The molecular formula is C25H27N2O2+. The van der Waals surface area contributed by atoms with Crippen LogP contribution in [-0.4, -0.2) is 38.8 Å². The van der Waals surface area contributed by atoms with Crippen molar-refractivity contribution in [2.45, 2.75) is 6.04 Å². The zero-order valence-corrected chi connectivity index (χ0v) is 16.5. The van der Waals surface area contributed by atoms with E-state index in [9.17, 15) is 4.79 Å². The van der Waals surface area contributed by atoms with E-state index in [2.05, 4.69) is 29.6 Å². The fraction of sp³-hybridized carbons (Fsp3) is 0.240. The minimum atomic E-state index is -0.0360. The first-order valence-corrected chi connectivity index (χ1v) is 10.2. The van der Waals surface area contributed by atoms with Crippen LogP contribution in [0.4, 0.5) is 0 Å². The molecule has 0 saturated carbocycles. The highest BCUT2D eigenvalue weighted by atomic mass is 16.5. The first kappa shape index (κ1) is 19.4. The predicted octanol–water partition coefficient (Wildman–Crippen LogP) is 2.74. The molecule has 4 nitrogen and oxygen atoms in total. The summed E-state index contributed by atoms with van der Waals surface area (Å²) in [5.74, 6) is -0.0360. The van der Waals surface area contributed by atoms with Gasteiger partial charge in [0, 0.05) is 5.56 Å². The van der Waals surface area contributed by atoms with Gasteiger partial charge in [0.25, 0.3) is 5.91 Å². The number of morpholine rings is 1. The maximum absolute atomic E-state index is 13.0. The van der Waals surface area contributed by atoms with Crippen LogP contribution >= 0.6 is 0 Å². The summed E-state index contributed by atoms with van der Waals surface area (Å²) in [5, 5.41) is 3.26. The number of hydrogen-bond donors (Lipinski definition) is 2. The standard InChI is InChI=1S/C25H26N2O2/c28-25(23-13-11-21(12-14-23)20-7-3-1-4-8-20)26-24(22-9-5-2-6-10-22)19-27-15-17-29-18-16-27/h1-14,24H,15-19H2,(H,26,28)/p+1/t24-/m1/s1. The number of ether oxygens (including phenoxy) is 1. The van der Waals surface area contributed by atoms with Crippen molar-refractivity contribution in [1.82, 2.24) is 5.32 Å². The molecule has 4 rings (SSSR count). The summed E-state index contributed by atoms with van der Waals surface area (Å²) in [6.07, 6.45) is 0. The van der Waals surface area contributed by atoms with Crippen LogP contribution in [0.1, 0.15) is 22.0 Å². The molecule has 0 aromatic heterocycles. The first-order chi connectivity index (χ1) is 14.3. The molecular weight excluding hydrogens is 360 g/mol. The second-order valence-electron chi connectivity index (χ2n) is 7.45. The Balaban J connectivity index is 1.48. The van der Waals surface area contributed by atoms with Crippen molar-refractivity contribution in [2.75, 3.05) is 32.8 Å². The summed E-state index contributed by atoms with van der Waals surface area (Å²) in [6.45, 7) is 4.38. The highest BCUT2D eigenvalue weighted by molar-refractivity contribution is 5.95. The average molecular weight is 388 g/mol. The summed E-state index contributed by atoms with van der Waals surface area (Å²) >= 11 is 0. The number of amides is 1. The lowest BCUT2D eigenvalue weighted by molar-refractivity contribution is -0.909. The third-order valence-corrected chi connectivity index (χ3v) is 5.45. The SMILES string of the molecule is O=C(N[C@H](C[NH+]1CCOCC1)c1ccccc1)c1ccc(-c2ccccc2)cc1. The van der Waals surface area contributed by atoms with Crippen LogP contribution in [0.15, 0.2) is 84.9 Å². The summed E-state index contributed by atoms with van der Waals surface area (Å²) in [6, 6.07) is 28.2. The molecule has 1 aliphatic rings. The molecule has 1 saturated heterocycles. The van der Waals surface area contributed by atoms with E-state index in [-0.39, 0.29) is 11.9 Å². The molecule has 1 fully saturated rings. The number of quaternary nitrogens is 1. The van der Waals surface area contributed by atoms with Crippen LogP contribution in [0.2, 0.25) is 0 Å². The van der Waals surface area contributed by atoms with Crippen molar-refractivity contribution >= 4 is 5.91 Å². The Morgan fingerprint density at radius 3 is 2.07 bits per heavy atom. The smallest absolute Gasteiger partial charge is 0.251 e. The lowest BCUT2D eigenvalue weighted by Gasteiger charge is -2.28. The summed E-state index contributed by atoms with van der Waals surface area (Å²) < 4.78 is 5.48. The van der Waals surface area contributed by atoms with E-state index >= 15 is 0 Å². The van der Waals surface area contributed by atoms with Gasteiger partial charge >= 0.3 is 0 Å². The molecule has 4 heteroatoms. The predicted molar refractivity (Wildman–Crippen MR) is 115 cm³/mol. The Labute approximate surface area is 172 Å². The van der Waals surface area contributed by atoms with Gasteiger partial charge in [0.15, 0.2) is 0 Å². The van der Waals surface area contributed by atoms with Gasteiger partial charge in [-0.2, -0.15) is 0 Å². The van der Waals surface area contributed by atoms with Crippen LogP contribution in [0.5, 0.6) is 0 Å². The number of benzene rings is 3. The molecule has 1 heterocycles. The van der Waals surface area contributed by atoms with Crippen LogP contribution < -0.4 is 10.2 Å². The second kappa shape index (κ2) is 9.50. The van der Waals surface area contributed by atoms with Crippen molar-refractivity contribution in [3.05, 3.63) is 96.1 Å². The lowest BCUT2D eigenvalue weighted by atomic mass is 10.0. The maximum Gasteiger partial charge on any atom is 0.251 e. The van der Waals surface area contributed by atoms with Crippen molar-refractivity contribution in [3.8, 4) is 11.1 Å². The largest absolute Gasteiger partial charge is 0.370 e. The van der Waals surface area contributed by atoms with E-state index in [1.54, 1.807) is 0 Å². The molecule has 0 spiro atoms. The normalized spacial score (nSPS) is 15.6. The van der Waals surface area contributed by atoms with Crippen molar-refractivity contribution in [2.24, 2.45) is 0 Å². The topological polar surface area (TPSA) is 42.8 Å². The van der Waals surface area contributed by atoms with Gasteiger partial charge in [-0.15, -0.1) is 0 Å². The van der Waals surface area contributed by atoms with Gasteiger partial charge in [0.1, 0.15) is 25.7 Å². The molecule has 0 bridgehead atoms. The van der Waals surface area contributed by atoms with Gasteiger partial charge in [-0.05, 0) is 28.8 Å². The van der Waals surface area contributed by atoms with Gasteiger partial charge in [-0.3, -0.25) is 4.79 Å². The van der Waals surface area contributed by atoms with Gasteiger partial charge in [-0.1, -0.05) is 72.8 Å². The van der Waals surface area contributed by atoms with E-state index in [1.165, 1.54) is 4.90 Å². The zero-order chi connectivity index (χ0) is 19.9. The minimum absolute atomic E-state index is 0.0226. The molecule has 0 unspecified atom stereocenters. The van der Waals surface area contributed by atoms with Gasteiger partial charge < -0.3 is 15.0 Å². The van der Waals surface area contributed by atoms with E-state index in [0.717, 1.165) is 49.5 Å². The Bertz CT molecular complexity index is 905. The fourth-order valence-electron chi connectivity index (χ4n) is 3.78. The highest BCUT2D eigenvalue weighted by Gasteiger charge is 2.23. The van der Waals surface area contributed by atoms with E-state index < -0.39 is 0 Å². The molecule has 148 valence electrons.